The highest BCUT2D eigenvalue weighted by atomic mass is 32.2. The molecule has 8 heteroatoms. The Morgan fingerprint density at radius 1 is 1.14 bits per heavy atom. The van der Waals surface area contributed by atoms with Crippen molar-refractivity contribution in [2.75, 3.05) is 13.2 Å². The van der Waals surface area contributed by atoms with Gasteiger partial charge in [-0.15, -0.1) is 11.8 Å². The average Bonchev–Trinajstić information content (AvgIpc) is 3.19. The van der Waals surface area contributed by atoms with E-state index >= 15 is 0 Å². The van der Waals surface area contributed by atoms with Crippen molar-refractivity contribution < 1.29 is 18.9 Å². The summed E-state index contributed by atoms with van der Waals surface area (Å²) >= 11 is 1.49. The molecule has 0 N–H and O–H groups in total. The topological polar surface area (TPSA) is 71.8 Å². The Morgan fingerprint density at radius 3 is 2.64 bits per heavy atom. The fourth-order valence-corrected chi connectivity index (χ4v) is 4.96. The van der Waals surface area contributed by atoms with E-state index in [0.29, 0.717) is 31.6 Å². The molecule has 36 heavy (non-hydrogen) atoms. The fraction of sp³-hybridized carbons (Fsp3) is 0.357. The molecule has 188 valence electrons. The molecule has 0 aliphatic carbocycles. The first-order chi connectivity index (χ1) is 17.3. The number of aromatic nitrogens is 2. The van der Waals surface area contributed by atoms with Crippen LogP contribution in [0.25, 0.3) is 16.3 Å². The van der Waals surface area contributed by atoms with Crippen LogP contribution in [0.1, 0.15) is 38.4 Å². The van der Waals surface area contributed by atoms with Crippen LogP contribution in [0.2, 0.25) is 0 Å². The number of thioether (sulfide) groups is 1. The van der Waals surface area contributed by atoms with E-state index in [1.54, 1.807) is 0 Å². The van der Waals surface area contributed by atoms with Crippen LogP contribution in [0, 0.1) is 0 Å². The minimum atomic E-state index is -0.657. The molecule has 0 spiro atoms. The van der Waals surface area contributed by atoms with E-state index in [2.05, 4.69) is 6.58 Å². The molecule has 2 aromatic carbocycles. The summed E-state index contributed by atoms with van der Waals surface area (Å²) in [5, 5.41) is 8.18. The maximum absolute atomic E-state index is 13.2. The van der Waals surface area contributed by atoms with Crippen molar-refractivity contribution in [1.29, 1.82) is 0 Å². The molecular formula is C28H30N2O5S. The van der Waals surface area contributed by atoms with Crippen LogP contribution < -0.4 is 15.0 Å². The van der Waals surface area contributed by atoms with Crippen molar-refractivity contribution in [1.82, 2.24) is 9.78 Å². The molecule has 1 fully saturated rings. The van der Waals surface area contributed by atoms with Crippen molar-refractivity contribution in [2.45, 2.75) is 52.2 Å². The molecule has 7 nitrogen and oxygen atoms in total. The molecule has 3 aromatic rings. The van der Waals surface area contributed by atoms with Gasteiger partial charge in [0.05, 0.1) is 30.8 Å². The Labute approximate surface area is 214 Å². The van der Waals surface area contributed by atoms with Crippen LogP contribution in [-0.4, -0.2) is 35.1 Å². The highest BCUT2D eigenvalue weighted by molar-refractivity contribution is 8.05. The molecule has 1 aromatic heterocycles. The van der Waals surface area contributed by atoms with E-state index in [0.717, 1.165) is 45.0 Å². The van der Waals surface area contributed by atoms with E-state index in [9.17, 15) is 4.79 Å². The predicted octanol–water partition coefficient (Wildman–Crippen LogP) is 5.52. The zero-order valence-electron chi connectivity index (χ0n) is 20.8. The number of fused-ring (bicyclic) bond motifs is 2. The summed E-state index contributed by atoms with van der Waals surface area (Å²) in [5.41, 5.74) is 2.74. The number of nitrogens with zero attached hydrogens (tertiary/aromatic N) is 2. The summed E-state index contributed by atoms with van der Waals surface area (Å²) in [6, 6.07) is 13.5. The van der Waals surface area contributed by atoms with Crippen molar-refractivity contribution in [3.05, 3.63) is 81.0 Å². The standard InChI is InChI=1S/C28H30N2O5S/c1-18(20-10-11-24-25(14-20)35-28(3,4)34-24)17-36-19(2)16-30-27(31)22-9-6-5-8-21(22)23(29-30)15-26-32-12-7-13-33-26/h5-6,8-11,14,17,26H,2,7,12-13,15-16H2,1,3-4H3/b18-17+. The molecule has 0 amide bonds. The number of rotatable bonds is 7. The molecule has 2 aliphatic heterocycles. The lowest BCUT2D eigenvalue weighted by atomic mass is 10.1. The first-order valence-electron chi connectivity index (χ1n) is 12.0. The second-order valence-corrected chi connectivity index (χ2v) is 10.5. The van der Waals surface area contributed by atoms with Gasteiger partial charge < -0.3 is 18.9 Å². The fourth-order valence-electron chi connectivity index (χ4n) is 4.29. The third-order valence-corrected chi connectivity index (χ3v) is 6.97. The molecule has 2 aliphatic rings. The Bertz CT molecular complexity index is 1390. The zero-order valence-corrected chi connectivity index (χ0v) is 21.6. The summed E-state index contributed by atoms with van der Waals surface area (Å²) in [4.78, 5) is 14.0. The number of benzene rings is 2. The maximum atomic E-state index is 13.2. The van der Waals surface area contributed by atoms with E-state index in [4.69, 9.17) is 24.0 Å². The van der Waals surface area contributed by atoms with E-state index in [1.165, 1.54) is 16.4 Å². The van der Waals surface area contributed by atoms with Gasteiger partial charge >= 0.3 is 0 Å². The summed E-state index contributed by atoms with van der Waals surface area (Å²) in [6.07, 6.45) is 1.02. The smallest absolute Gasteiger partial charge is 0.274 e. The summed E-state index contributed by atoms with van der Waals surface area (Å²) in [7, 11) is 0. The SMILES string of the molecule is C=C(Cn1nc(CC2OCCCO2)c2ccccc2c1=O)S/C=C(\C)c1ccc2c(c1)OC(C)(C)O2. The van der Waals surface area contributed by atoms with Gasteiger partial charge in [0, 0.05) is 30.6 Å². The average molecular weight is 507 g/mol. The molecule has 0 unspecified atom stereocenters. The van der Waals surface area contributed by atoms with Crippen molar-refractivity contribution >= 4 is 28.1 Å². The number of allylic oxidation sites excluding steroid dienone is 2. The van der Waals surface area contributed by atoms with Gasteiger partial charge in [-0.05, 0) is 48.1 Å². The minimum absolute atomic E-state index is 0.138. The third-order valence-electron chi connectivity index (χ3n) is 6.04. The van der Waals surface area contributed by atoms with Gasteiger partial charge in [0.15, 0.2) is 17.8 Å². The normalized spacial score (nSPS) is 17.5. The number of hydrogen-bond donors (Lipinski definition) is 0. The van der Waals surface area contributed by atoms with Gasteiger partial charge in [-0.1, -0.05) is 30.8 Å². The second-order valence-electron chi connectivity index (χ2n) is 9.41. The van der Waals surface area contributed by atoms with Crippen molar-refractivity contribution in [3.8, 4) is 11.5 Å². The van der Waals surface area contributed by atoms with Gasteiger partial charge in [0.1, 0.15) is 0 Å². The quantitative estimate of drug-likeness (QED) is 0.418. The molecule has 3 heterocycles. The molecule has 5 rings (SSSR count). The van der Waals surface area contributed by atoms with Gasteiger partial charge in [-0.25, -0.2) is 4.68 Å². The molecular weight excluding hydrogens is 476 g/mol. The van der Waals surface area contributed by atoms with Gasteiger partial charge in [0.25, 0.3) is 5.56 Å². The predicted molar refractivity (Wildman–Crippen MR) is 142 cm³/mol. The minimum Gasteiger partial charge on any atom is -0.449 e. The Balaban J connectivity index is 1.33. The van der Waals surface area contributed by atoms with Crippen LogP contribution >= 0.6 is 11.8 Å². The highest BCUT2D eigenvalue weighted by Crippen LogP contribution is 2.41. The van der Waals surface area contributed by atoms with Crippen molar-refractivity contribution in [3.63, 3.8) is 0 Å². The summed E-state index contributed by atoms with van der Waals surface area (Å²) in [5.74, 6) is 0.824. The van der Waals surface area contributed by atoms with Gasteiger partial charge in [-0.3, -0.25) is 4.79 Å². The van der Waals surface area contributed by atoms with Gasteiger partial charge in [-0.2, -0.15) is 5.10 Å². The highest BCUT2D eigenvalue weighted by Gasteiger charge is 2.31. The van der Waals surface area contributed by atoms with E-state index in [1.807, 2.05) is 68.6 Å². The first kappa shape index (κ1) is 24.6. The summed E-state index contributed by atoms with van der Waals surface area (Å²) in [6.45, 7) is 11.6. The van der Waals surface area contributed by atoms with Crippen LogP contribution in [-0.2, 0) is 22.4 Å². The maximum Gasteiger partial charge on any atom is 0.274 e. The molecule has 0 radical (unpaired) electrons. The molecule has 1 saturated heterocycles. The van der Waals surface area contributed by atoms with E-state index in [-0.39, 0.29) is 11.8 Å². The van der Waals surface area contributed by atoms with Crippen LogP contribution in [0.4, 0.5) is 0 Å². The number of ether oxygens (including phenoxy) is 4. The molecule has 0 atom stereocenters. The number of hydrogen-bond acceptors (Lipinski definition) is 7. The van der Waals surface area contributed by atoms with Crippen molar-refractivity contribution in [2.24, 2.45) is 0 Å². The summed E-state index contributed by atoms with van der Waals surface area (Å²) < 4.78 is 24.6. The van der Waals surface area contributed by atoms with Crippen LogP contribution in [0.15, 0.2) is 64.2 Å². The Hall–Kier alpha value is -3.07. The third kappa shape index (κ3) is 5.36. The van der Waals surface area contributed by atoms with Gasteiger partial charge in [0.2, 0.25) is 5.79 Å². The zero-order chi connectivity index (χ0) is 25.3. The first-order valence-corrected chi connectivity index (χ1v) is 12.9. The lowest BCUT2D eigenvalue weighted by molar-refractivity contribution is -0.177. The Morgan fingerprint density at radius 2 is 1.86 bits per heavy atom. The lowest BCUT2D eigenvalue weighted by Crippen LogP contribution is -2.30. The lowest BCUT2D eigenvalue weighted by Gasteiger charge is -2.23. The monoisotopic (exact) mass is 506 g/mol. The van der Waals surface area contributed by atoms with E-state index < -0.39 is 5.79 Å². The Kier molecular flexibility index (Phi) is 6.92. The molecule has 0 saturated carbocycles. The second kappa shape index (κ2) is 10.1. The largest absolute Gasteiger partial charge is 0.449 e. The van der Waals surface area contributed by atoms with Crippen LogP contribution in [0.5, 0.6) is 11.5 Å². The van der Waals surface area contributed by atoms with Crippen LogP contribution in [0.3, 0.4) is 0 Å². The molecule has 0 bridgehead atoms.